The summed E-state index contributed by atoms with van der Waals surface area (Å²) in [5, 5.41) is 11.5. The molecular formula is C8H11NO3. The molecule has 2 aliphatic rings. The highest BCUT2D eigenvalue weighted by atomic mass is 16.4. The van der Waals surface area contributed by atoms with E-state index in [2.05, 4.69) is 5.32 Å². The van der Waals surface area contributed by atoms with Crippen molar-refractivity contribution in [3.8, 4) is 0 Å². The molecule has 4 heteroatoms. The third-order valence-electron chi connectivity index (χ3n) is 2.88. The Morgan fingerprint density at radius 3 is 2.92 bits per heavy atom. The standard InChI is InChI=1S/C8H11NO3/c10-7-5-1-4(3-9-7)2-6(5)8(11)12/h4-6H,1-3H2,(H,9,10)(H,11,12)/t4-,5-,6-/m1/s1. The van der Waals surface area contributed by atoms with E-state index in [0.717, 1.165) is 6.42 Å². The minimum absolute atomic E-state index is 0.0730. The van der Waals surface area contributed by atoms with Crippen LogP contribution in [-0.4, -0.2) is 23.5 Å². The molecule has 0 aromatic heterocycles. The van der Waals surface area contributed by atoms with Crippen molar-refractivity contribution in [1.82, 2.24) is 5.32 Å². The number of fused-ring (bicyclic) bond motifs is 2. The maximum absolute atomic E-state index is 11.2. The average Bonchev–Trinajstić information content (AvgIpc) is 2.37. The smallest absolute Gasteiger partial charge is 0.307 e. The number of nitrogens with one attached hydrogen (secondary N) is 1. The van der Waals surface area contributed by atoms with Crippen molar-refractivity contribution in [3.05, 3.63) is 0 Å². The molecule has 4 nitrogen and oxygen atoms in total. The summed E-state index contributed by atoms with van der Waals surface area (Å²) in [6.45, 7) is 0.666. The molecule has 2 fully saturated rings. The van der Waals surface area contributed by atoms with Crippen LogP contribution in [0.5, 0.6) is 0 Å². The van der Waals surface area contributed by atoms with Gasteiger partial charge in [0.1, 0.15) is 0 Å². The van der Waals surface area contributed by atoms with E-state index in [9.17, 15) is 9.59 Å². The molecule has 0 radical (unpaired) electrons. The molecule has 0 aromatic carbocycles. The van der Waals surface area contributed by atoms with Crippen molar-refractivity contribution >= 4 is 11.9 Å². The van der Waals surface area contributed by atoms with Gasteiger partial charge in [-0.25, -0.2) is 0 Å². The van der Waals surface area contributed by atoms with Crippen LogP contribution in [-0.2, 0) is 9.59 Å². The Balaban J connectivity index is 2.19. The fraction of sp³-hybridized carbons (Fsp3) is 0.750. The molecule has 1 saturated carbocycles. The number of amides is 1. The van der Waals surface area contributed by atoms with Gasteiger partial charge in [-0.3, -0.25) is 9.59 Å². The Morgan fingerprint density at radius 2 is 2.25 bits per heavy atom. The SMILES string of the molecule is O=C(O)[C@@H]1C[C@@H]2CNC(=O)[C@@H]1C2. The van der Waals surface area contributed by atoms with Gasteiger partial charge < -0.3 is 10.4 Å². The predicted octanol–water partition coefficient (Wildman–Crippen LogP) is -0.157. The highest BCUT2D eigenvalue weighted by Crippen LogP contribution is 2.38. The molecule has 12 heavy (non-hydrogen) atoms. The van der Waals surface area contributed by atoms with Gasteiger partial charge in [-0.1, -0.05) is 0 Å². The van der Waals surface area contributed by atoms with Crippen LogP contribution in [0.3, 0.4) is 0 Å². The van der Waals surface area contributed by atoms with Gasteiger partial charge in [0.05, 0.1) is 11.8 Å². The quantitative estimate of drug-likeness (QED) is 0.573. The lowest BCUT2D eigenvalue weighted by atomic mass is 9.95. The van der Waals surface area contributed by atoms with Gasteiger partial charge in [0, 0.05) is 6.54 Å². The second-order valence-corrected chi connectivity index (χ2v) is 3.63. The van der Waals surface area contributed by atoms with E-state index >= 15 is 0 Å². The molecule has 0 aromatic rings. The molecular weight excluding hydrogens is 158 g/mol. The fourth-order valence-electron chi connectivity index (χ4n) is 2.25. The Bertz CT molecular complexity index is 238. The maximum atomic E-state index is 11.2. The van der Waals surface area contributed by atoms with Gasteiger partial charge in [0.2, 0.25) is 5.91 Å². The largest absolute Gasteiger partial charge is 0.481 e. The minimum Gasteiger partial charge on any atom is -0.481 e. The molecule has 1 heterocycles. The third kappa shape index (κ3) is 0.983. The van der Waals surface area contributed by atoms with Gasteiger partial charge in [0.15, 0.2) is 0 Å². The molecule has 1 amide bonds. The maximum Gasteiger partial charge on any atom is 0.307 e. The number of carbonyl (C=O) groups is 2. The van der Waals surface area contributed by atoms with Gasteiger partial charge in [-0.05, 0) is 18.8 Å². The van der Waals surface area contributed by atoms with Gasteiger partial charge in [-0.2, -0.15) is 0 Å². The van der Waals surface area contributed by atoms with Crippen LogP contribution in [0.25, 0.3) is 0 Å². The normalized spacial score (nSPS) is 39.3. The summed E-state index contributed by atoms with van der Waals surface area (Å²) in [6, 6.07) is 0. The zero-order chi connectivity index (χ0) is 8.72. The predicted molar refractivity (Wildman–Crippen MR) is 40.3 cm³/mol. The second-order valence-electron chi connectivity index (χ2n) is 3.63. The second kappa shape index (κ2) is 2.47. The van der Waals surface area contributed by atoms with Crippen LogP contribution in [0, 0.1) is 17.8 Å². The summed E-state index contributed by atoms with van der Waals surface area (Å²) in [5.74, 6) is -1.19. The summed E-state index contributed by atoms with van der Waals surface area (Å²) in [6.07, 6.45) is 1.43. The summed E-state index contributed by atoms with van der Waals surface area (Å²) in [5.41, 5.74) is 0. The zero-order valence-electron chi connectivity index (χ0n) is 6.62. The van der Waals surface area contributed by atoms with Crippen molar-refractivity contribution in [2.45, 2.75) is 12.8 Å². The molecule has 2 bridgehead atoms. The van der Waals surface area contributed by atoms with Gasteiger partial charge >= 0.3 is 5.97 Å². The Labute approximate surface area is 69.9 Å². The first-order chi connectivity index (χ1) is 5.68. The van der Waals surface area contributed by atoms with E-state index in [4.69, 9.17) is 5.11 Å². The Hall–Kier alpha value is -1.06. The van der Waals surface area contributed by atoms with Crippen LogP contribution < -0.4 is 5.32 Å². The van der Waals surface area contributed by atoms with E-state index in [1.807, 2.05) is 0 Å². The summed E-state index contributed by atoms with van der Waals surface area (Å²) in [4.78, 5) is 21.9. The van der Waals surface area contributed by atoms with Crippen LogP contribution in [0.15, 0.2) is 0 Å². The number of piperidine rings is 1. The molecule has 1 aliphatic carbocycles. The van der Waals surface area contributed by atoms with Crippen molar-refractivity contribution in [2.24, 2.45) is 17.8 Å². The molecule has 1 saturated heterocycles. The van der Waals surface area contributed by atoms with Crippen LogP contribution >= 0.6 is 0 Å². The topological polar surface area (TPSA) is 66.4 Å². The highest BCUT2D eigenvalue weighted by molar-refractivity contribution is 5.86. The van der Waals surface area contributed by atoms with E-state index < -0.39 is 11.9 Å². The van der Waals surface area contributed by atoms with E-state index in [0.29, 0.717) is 18.9 Å². The van der Waals surface area contributed by atoms with Gasteiger partial charge in [-0.15, -0.1) is 0 Å². The lowest BCUT2D eigenvalue weighted by Gasteiger charge is -2.19. The number of carbonyl (C=O) groups excluding carboxylic acids is 1. The van der Waals surface area contributed by atoms with Gasteiger partial charge in [0.25, 0.3) is 0 Å². The molecule has 3 atom stereocenters. The number of hydrogen-bond acceptors (Lipinski definition) is 2. The number of carboxylic acids is 1. The monoisotopic (exact) mass is 169 g/mol. The van der Waals surface area contributed by atoms with Crippen molar-refractivity contribution in [2.75, 3.05) is 6.54 Å². The summed E-state index contributed by atoms with van der Waals surface area (Å²) in [7, 11) is 0. The zero-order valence-corrected chi connectivity index (χ0v) is 6.62. The van der Waals surface area contributed by atoms with E-state index in [1.165, 1.54) is 0 Å². The molecule has 66 valence electrons. The Kier molecular flexibility index (Phi) is 1.56. The molecule has 1 aliphatic heterocycles. The number of carboxylic acid groups (broad SMARTS) is 1. The first kappa shape index (κ1) is 7.58. The van der Waals surface area contributed by atoms with Crippen molar-refractivity contribution in [3.63, 3.8) is 0 Å². The third-order valence-corrected chi connectivity index (χ3v) is 2.88. The summed E-state index contributed by atoms with van der Waals surface area (Å²) < 4.78 is 0. The van der Waals surface area contributed by atoms with Crippen molar-refractivity contribution in [1.29, 1.82) is 0 Å². The number of hydrogen-bond donors (Lipinski definition) is 2. The van der Waals surface area contributed by atoms with Crippen LogP contribution in [0.1, 0.15) is 12.8 Å². The highest BCUT2D eigenvalue weighted by Gasteiger charge is 2.45. The van der Waals surface area contributed by atoms with Crippen LogP contribution in [0.2, 0.25) is 0 Å². The molecule has 2 rings (SSSR count). The average molecular weight is 169 g/mol. The van der Waals surface area contributed by atoms with E-state index in [1.54, 1.807) is 0 Å². The fourth-order valence-corrected chi connectivity index (χ4v) is 2.25. The lowest BCUT2D eigenvalue weighted by molar-refractivity contribution is -0.145. The number of rotatable bonds is 1. The number of aliphatic carboxylic acids is 1. The first-order valence-corrected chi connectivity index (χ1v) is 4.19. The van der Waals surface area contributed by atoms with Crippen molar-refractivity contribution < 1.29 is 14.7 Å². The van der Waals surface area contributed by atoms with E-state index in [-0.39, 0.29) is 11.8 Å². The lowest BCUT2D eigenvalue weighted by Crippen LogP contribution is -2.39. The molecule has 2 N–H and O–H groups in total. The minimum atomic E-state index is -0.820. The first-order valence-electron chi connectivity index (χ1n) is 4.19. The molecule has 0 unspecified atom stereocenters. The summed E-state index contributed by atoms with van der Waals surface area (Å²) >= 11 is 0. The van der Waals surface area contributed by atoms with Crippen LogP contribution in [0.4, 0.5) is 0 Å². The Morgan fingerprint density at radius 1 is 1.50 bits per heavy atom. The molecule has 0 spiro atoms.